The van der Waals surface area contributed by atoms with Crippen molar-refractivity contribution in [2.24, 2.45) is 11.8 Å². The Hall–Kier alpha value is -3.74. The minimum atomic E-state index is -1.16. The van der Waals surface area contributed by atoms with Gasteiger partial charge in [0.2, 0.25) is 11.9 Å². The Labute approximate surface area is 183 Å². The van der Waals surface area contributed by atoms with Gasteiger partial charge in [-0.15, -0.1) is 0 Å². The van der Waals surface area contributed by atoms with Crippen molar-refractivity contribution in [3.05, 3.63) is 51.6 Å². The van der Waals surface area contributed by atoms with E-state index in [-0.39, 0.29) is 29.2 Å². The maximum atomic E-state index is 13.4. The first kappa shape index (κ1) is 21.5. The number of piperidine rings is 1. The van der Waals surface area contributed by atoms with Crippen LogP contribution in [0.5, 0.6) is 0 Å². The van der Waals surface area contributed by atoms with E-state index in [9.17, 15) is 24.0 Å². The summed E-state index contributed by atoms with van der Waals surface area (Å²) in [4.78, 5) is 46.9. The number of nitrogens with one attached hydrogen (secondary N) is 2. The summed E-state index contributed by atoms with van der Waals surface area (Å²) in [6.07, 6.45) is 1.39. The molecule has 4 rings (SSSR count). The van der Waals surface area contributed by atoms with Crippen LogP contribution < -0.4 is 15.8 Å². The van der Waals surface area contributed by atoms with E-state index in [0.717, 1.165) is 0 Å². The predicted octanol–water partition coefficient (Wildman–Crippen LogP) is 1.91. The Balaban J connectivity index is 1.72. The number of aromatic nitrogens is 2. The number of carbonyl (C=O) groups is 2. The molecule has 2 aromatic rings. The topological polar surface area (TPSA) is 128 Å². The zero-order chi connectivity index (χ0) is 22.8. The van der Waals surface area contributed by atoms with Crippen molar-refractivity contribution in [1.82, 2.24) is 9.97 Å². The quantitative estimate of drug-likeness (QED) is 0.697. The van der Waals surface area contributed by atoms with E-state index in [4.69, 9.17) is 4.74 Å². The minimum absolute atomic E-state index is 0.0628. The average Bonchev–Trinajstić information content (AvgIpc) is 2.79. The van der Waals surface area contributed by atoms with Crippen molar-refractivity contribution in [3.63, 3.8) is 0 Å². The number of hydrogen-bond donors (Lipinski definition) is 2. The number of nitrogens with zero attached hydrogens (tertiary/aromatic N) is 3. The van der Waals surface area contributed by atoms with E-state index in [1.807, 2.05) is 6.07 Å². The van der Waals surface area contributed by atoms with E-state index < -0.39 is 29.1 Å². The number of hydrogen-bond acceptors (Lipinski definition) is 7. The lowest BCUT2D eigenvalue weighted by molar-refractivity contribution is -0.148. The average molecular weight is 439 g/mol. The van der Waals surface area contributed by atoms with Gasteiger partial charge in [0.25, 0.3) is 5.56 Å². The van der Waals surface area contributed by atoms with Gasteiger partial charge in [0.1, 0.15) is 17.6 Å². The van der Waals surface area contributed by atoms with Crippen LogP contribution in [-0.2, 0) is 14.3 Å². The number of anilines is 2. The van der Waals surface area contributed by atoms with Gasteiger partial charge in [-0.3, -0.25) is 19.4 Å². The predicted molar refractivity (Wildman–Crippen MR) is 112 cm³/mol. The molecule has 166 valence electrons. The third kappa shape index (κ3) is 3.93. The molecule has 1 saturated heterocycles. The number of H-pyrrole nitrogens is 1. The van der Waals surface area contributed by atoms with Crippen molar-refractivity contribution in [3.8, 4) is 6.07 Å². The number of aromatic amines is 1. The van der Waals surface area contributed by atoms with Gasteiger partial charge in [-0.05, 0) is 37.5 Å². The van der Waals surface area contributed by atoms with Gasteiger partial charge in [-0.2, -0.15) is 10.2 Å². The van der Waals surface area contributed by atoms with Gasteiger partial charge in [-0.1, -0.05) is 12.1 Å². The van der Waals surface area contributed by atoms with Crippen LogP contribution in [0.3, 0.4) is 0 Å². The zero-order valence-electron chi connectivity index (χ0n) is 17.4. The molecule has 3 heterocycles. The maximum absolute atomic E-state index is 13.4. The van der Waals surface area contributed by atoms with Crippen molar-refractivity contribution < 1.29 is 18.7 Å². The molecule has 10 heteroatoms. The number of carbonyl (C=O) groups excluding carboxylic acids is 2. The van der Waals surface area contributed by atoms with Crippen LogP contribution in [0, 0.1) is 29.0 Å². The summed E-state index contributed by atoms with van der Waals surface area (Å²) in [6, 6.07) is 7.29. The highest BCUT2D eigenvalue weighted by Gasteiger charge is 2.40. The summed E-state index contributed by atoms with van der Waals surface area (Å²) in [5.41, 5.74) is 0.109. The molecule has 0 aliphatic carbocycles. The monoisotopic (exact) mass is 439 g/mol. The van der Waals surface area contributed by atoms with E-state index in [1.165, 1.54) is 24.3 Å². The van der Waals surface area contributed by atoms with Gasteiger partial charge in [0.15, 0.2) is 0 Å². The minimum Gasteiger partial charge on any atom is -0.466 e. The molecule has 1 aromatic carbocycles. The van der Waals surface area contributed by atoms with Gasteiger partial charge in [0.05, 0.1) is 24.2 Å². The van der Waals surface area contributed by atoms with Crippen LogP contribution in [0.25, 0.3) is 0 Å². The molecule has 9 nitrogen and oxygen atoms in total. The maximum Gasteiger partial charge on any atom is 0.310 e. The lowest BCUT2D eigenvalue weighted by Gasteiger charge is -2.33. The summed E-state index contributed by atoms with van der Waals surface area (Å²) in [5.74, 6) is -3.43. The first-order valence-corrected chi connectivity index (χ1v) is 10.4. The third-order valence-electron chi connectivity index (χ3n) is 5.82. The molecule has 32 heavy (non-hydrogen) atoms. The van der Waals surface area contributed by atoms with Crippen LogP contribution in [0.2, 0.25) is 0 Å². The van der Waals surface area contributed by atoms with Crippen molar-refractivity contribution in [2.75, 3.05) is 29.9 Å². The van der Waals surface area contributed by atoms with Crippen LogP contribution in [-0.4, -0.2) is 41.5 Å². The molecule has 0 bridgehead atoms. The second-order valence-electron chi connectivity index (χ2n) is 7.81. The molecule has 0 saturated carbocycles. The smallest absolute Gasteiger partial charge is 0.310 e. The van der Waals surface area contributed by atoms with Gasteiger partial charge >= 0.3 is 5.97 Å². The Morgan fingerprint density at radius 2 is 2.09 bits per heavy atom. The van der Waals surface area contributed by atoms with E-state index in [2.05, 4.69) is 15.3 Å². The lowest BCUT2D eigenvalue weighted by atomic mass is 9.79. The molecule has 1 aromatic heterocycles. The number of halogens is 1. The number of ether oxygens (including phenoxy) is 1. The molecule has 2 aliphatic rings. The number of fused-ring (bicyclic) bond motifs is 1. The number of benzene rings is 1. The Morgan fingerprint density at radius 3 is 2.78 bits per heavy atom. The first-order chi connectivity index (χ1) is 15.4. The number of amides is 1. The fourth-order valence-corrected chi connectivity index (χ4v) is 4.30. The van der Waals surface area contributed by atoms with Crippen molar-refractivity contribution >= 4 is 23.6 Å². The molecule has 1 fully saturated rings. The van der Waals surface area contributed by atoms with Crippen molar-refractivity contribution in [2.45, 2.75) is 25.7 Å². The molecule has 0 spiro atoms. The third-order valence-corrected chi connectivity index (χ3v) is 5.82. The number of nitriles is 1. The number of rotatable bonds is 4. The van der Waals surface area contributed by atoms with Crippen LogP contribution in [0.15, 0.2) is 29.1 Å². The Morgan fingerprint density at radius 1 is 1.34 bits per heavy atom. The molecule has 0 radical (unpaired) electrons. The largest absolute Gasteiger partial charge is 0.466 e. The summed E-state index contributed by atoms with van der Waals surface area (Å²) in [7, 11) is 0. The van der Waals surface area contributed by atoms with Crippen LogP contribution >= 0.6 is 0 Å². The molecule has 2 aliphatic heterocycles. The van der Waals surface area contributed by atoms with E-state index in [1.54, 1.807) is 11.8 Å². The molecule has 3 atom stereocenters. The zero-order valence-corrected chi connectivity index (χ0v) is 17.4. The second kappa shape index (κ2) is 8.78. The summed E-state index contributed by atoms with van der Waals surface area (Å²) in [6.45, 7) is 2.94. The number of esters is 1. The highest BCUT2D eigenvalue weighted by atomic mass is 19.1. The molecule has 2 N–H and O–H groups in total. The Kier molecular flexibility index (Phi) is 5.90. The fraction of sp³-hybridized carbons (Fsp3) is 0.409. The molecular formula is C22H22FN5O4. The summed E-state index contributed by atoms with van der Waals surface area (Å²) in [5, 5.41) is 12.1. The van der Waals surface area contributed by atoms with Crippen LogP contribution in [0.1, 0.15) is 36.8 Å². The molecular weight excluding hydrogens is 417 g/mol. The first-order valence-electron chi connectivity index (χ1n) is 10.4. The summed E-state index contributed by atoms with van der Waals surface area (Å²) >= 11 is 0. The van der Waals surface area contributed by atoms with Crippen molar-refractivity contribution in [1.29, 1.82) is 5.26 Å². The summed E-state index contributed by atoms with van der Waals surface area (Å²) < 4.78 is 18.5. The highest BCUT2D eigenvalue weighted by Crippen LogP contribution is 2.38. The second-order valence-corrected chi connectivity index (χ2v) is 7.81. The Bertz CT molecular complexity index is 1140. The SMILES string of the molecule is CCOC(=O)C1CCCN(c2nc3c(c(=O)[nH]2)C(c2ccc(F)cc2)C(C#N)C(=O)N3)C1. The van der Waals surface area contributed by atoms with Gasteiger partial charge in [0, 0.05) is 19.0 Å². The highest BCUT2D eigenvalue weighted by molar-refractivity contribution is 5.98. The van der Waals surface area contributed by atoms with Gasteiger partial charge < -0.3 is 15.0 Å². The molecule has 1 amide bonds. The van der Waals surface area contributed by atoms with Gasteiger partial charge in [-0.25, -0.2) is 4.39 Å². The standard InChI is InChI=1S/C22H22FN5O4/c1-2-32-21(31)13-4-3-9-28(11-13)22-26-18-17(20(30)27-22)16(15(10-24)19(29)25-18)12-5-7-14(23)8-6-12/h5-8,13,15-16H,2-4,9,11H2,1H3,(H2,25,26,27,29,30). The van der Waals surface area contributed by atoms with E-state index >= 15 is 0 Å². The van der Waals surface area contributed by atoms with E-state index in [0.29, 0.717) is 38.1 Å². The normalized spacial score (nSPS) is 22.5. The van der Waals surface area contributed by atoms with Crippen LogP contribution in [0.4, 0.5) is 16.2 Å². The molecule has 3 unspecified atom stereocenters. The lowest BCUT2D eigenvalue weighted by Crippen LogP contribution is -2.43. The fourth-order valence-electron chi connectivity index (χ4n) is 4.30.